The van der Waals surface area contributed by atoms with Crippen molar-refractivity contribution in [1.29, 1.82) is 0 Å². The minimum absolute atomic E-state index is 0.0320. The number of carbonyl (C=O) groups excluding carboxylic acids is 1. The lowest BCUT2D eigenvalue weighted by atomic mass is 9.95. The third-order valence-corrected chi connectivity index (χ3v) is 7.67. The molecule has 2 aromatic rings. The van der Waals surface area contributed by atoms with Crippen molar-refractivity contribution in [3.8, 4) is 0 Å². The van der Waals surface area contributed by atoms with Crippen molar-refractivity contribution in [2.24, 2.45) is 7.05 Å². The lowest BCUT2D eigenvalue weighted by Crippen LogP contribution is -2.37. The molecule has 5 nitrogen and oxygen atoms in total. The van der Waals surface area contributed by atoms with Gasteiger partial charge in [-0.1, -0.05) is 31.0 Å². The van der Waals surface area contributed by atoms with Crippen molar-refractivity contribution in [1.82, 2.24) is 14.9 Å². The van der Waals surface area contributed by atoms with Crippen molar-refractivity contribution < 1.29 is 4.79 Å². The summed E-state index contributed by atoms with van der Waals surface area (Å²) >= 11 is 3.03. The number of aromatic nitrogens is 2. The zero-order valence-electron chi connectivity index (χ0n) is 15.2. The Hall–Kier alpha value is -1.34. The quantitative estimate of drug-likeness (QED) is 0.641. The first-order chi connectivity index (χ1) is 12.6. The fourth-order valence-electron chi connectivity index (χ4n) is 4.04. The summed E-state index contributed by atoms with van der Waals surface area (Å²) in [5.41, 5.74) is 1.25. The maximum atomic E-state index is 12.9. The number of thioether (sulfide) groups is 1. The van der Waals surface area contributed by atoms with E-state index in [1.807, 2.05) is 0 Å². The topological polar surface area (TPSA) is 64.0 Å². The summed E-state index contributed by atoms with van der Waals surface area (Å²) in [6.45, 7) is 0. The molecule has 0 unspecified atom stereocenters. The van der Waals surface area contributed by atoms with Crippen LogP contribution in [-0.2, 0) is 24.7 Å². The number of amides is 1. The van der Waals surface area contributed by atoms with Crippen LogP contribution in [0, 0.1) is 0 Å². The third-order valence-electron chi connectivity index (χ3n) is 5.46. The molecule has 0 bridgehead atoms. The van der Waals surface area contributed by atoms with Crippen LogP contribution in [0.25, 0.3) is 10.2 Å². The molecule has 0 atom stereocenters. The molecular weight excluding hydrogens is 366 g/mol. The smallest absolute Gasteiger partial charge is 0.262 e. The van der Waals surface area contributed by atoms with Crippen molar-refractivity contribution in [3.63, 3.8) is 0 Å². The average Bonchev–Trinajstić information content (AvgIpc) is 3.02. The Morgan fingerprint density at radius 1 is 1.23 bits per heavy atom. The van der Waals surface area contributed by atoms with Gasteiger partial charge in [0.25, 0.3) is 5.56 Å². The normalized spacial score (nSPS) is 18.0. The molecule has 26 heavy (non-hydrogen) atoms. The van der Waals surface area contributed by atoms with Crippen LogP contribution < -0.4 is 10.9 Å². The van der Waals surface area contributed by atoms with Crippen LogP contribution in [0.15, 0.2) is 9.95 Å². The molecule has 1 saturated carbocycles. The lowest BCUT2D eigenvalue weighted by Gasteiger charge is -2.22. The maximum absolute atomic E-state index is 12.9. The Balaban J connectivity index is 1.50. The van der Waals surface area contributed by atoms with E-state index in [0.717, 1.165) is 42.3 Å². The van der Waals surface area contributed by atoms with Crippen LogP contribution in [-0.4, -0.2) is 27.3 Å². The summed E-state index contributed by atoms with van der Waals surface area (Å²) in [7, 11) is 1.77. The zero-order valence-corrected chi connectivity index (χ0v) is 16.8. The largest absolute Gasteiger partial charge is 0.353 e. The highest BCUT2D eigenvalue weighted by Crippen LogP contribution is 2.34. The molecule has 4 rings (SSSR count). The summed E-state index contributed by atoms with van der Waals surface area (Å²) in [6, 6.07) is 0.320. The van der Waals surface area contributed by atoms with Gasteiger partial charge in [0.2, 0.25) is 5.91 Å². The van der Waals surface area contributed by atoms with Gasteiger partial charge in [-0.2, -0.15) is 0 Å². The summed E-state index contributed by atoms with van der Waals surface area (Å²) in [5, 5.41) is 4.58. The Morgan fingerprint density at radius 3 is 2.81 bits per heavy atom. The molecule has 1 amide bonds. The van der Waals surface area contributed by atoms with E-state index >= 15 is 0 Å². The standard InChI is InChI=1S/C19H25N3O2S2/c1-22-18(24)16-13-9-5-6-10-14(13)26-17(16)21-19(22)25-11-15(23)20-12-7-3-2-4-8-12/h12H,2-11H2,1H3,(H,20,23). The molecule has 2 heterocycles. The zero-order chi connectivity index (χ0) is 18.1. The number of rotatable bonds is 4. The van der Waals surface area contributed by atoms with E-state index in [1.54, 1.807) is 23.0 Å². The van der Waals surface area contributed by atoms with E-state index in [4.69, 9.17) is 4.98 Å². The molecule has 0 spiro atoms. The van der Waals surface area contributed by atoms with Gasteiger partial charge in [-0.25, -0.2) is 4.98 Å². The van der Waals surface area contributed by atoms with Gasteiger partial charge in [-0.15, -0.1) is 11.3 Å². The second-order valence-electron chi connectivity index (χ2n) is 7.34. The molecule has 1 fully saturated rings. The summed E-state index contributed by atoms with van der Waals surface area (Å²) < 4.78 is 1.61. The van der Waals surface area contributed by atoms with E-state index in [0.29, 0.717) is 17.0 Å². The van der Waals surface area contributed by atoms with Gasteiger partial charge in [0, 0.05) is 18.0 Å². The maximum Gasteiger partial charge on any atom is 0.262 e. The van der Waals surface area contributed by atoms with E-state index in [9.17, 15) is 9.59 Å². The van der Waals surface area contributed by atoms with Gasteiger partial charge in [0.05, 0.1) is 11.1 Å². The second-order valence-corrected chi connectivity index (χ2v) is 9.37. The third kappa shape index (κ3) is 3.56. The predicted octanol–water partition coefficient (Wildman–Crippen LogP) is 3.41. The number of hydrogen-bond acceptors (Lipinski definition) is 5. The minimum Gasteiger partial charge on any atom is -0.353 e. The van der Waals surface area contributed by atoms with Gasteiger partial charge in [-0.05, 0) is 44.1 Å². The van der Waals surface area contributed by atoms with Gasteiger partial charge < -0.3 is 5.32 Å². The van der Waals surface area contributed by atoms with E-state index < -0.39 is 0 Å². The summed E-state index contributed by atoms with van der Waals surface area (Å²) in [4.78, 5) is 32.0. The molecule has 0 radical (unpaired) electrons. The highest BCUT2D eigenvalue weighted by atomic mass is 32.2. The molecule has 2 aliphatic rings. The van der Waals surface area contributed by atoms with E-state index in [2.05, 4.69) is 5.32 Å². The van der Waals surface area contributed by atoms with Gasteiger partial charge in [0.15, 0.2) is 5.16 Å². The molecule has 2 aliphatic carbocycles. The number of thiophene rings is 1. The fourth-order valence-corrected chi connectivity index (χ4v) is 6.13. The monoisotopic (exact) mass is 391 g/mol. The SMILES string of the molecule is Cn1c(SCC(=O)NC2CCCCC2)nc2sc3c(c2c1=O)CCCC3. The van der Waals surface area contributed by atoms with E-state index in [1.165, 1.54) is 47.9 Å². The van der Waals surface area contributed by atoms with Crippen LogP contribution in [0.3, 0.4) is 0 Å². The van der Waals surface area contributed by atoms with Crippen molar-refractivity contribution in [2.75, 3.05) is 5.75 Å². The number of nitrogens with one attached hydrogen (secondary N) is 1. The number of fused-ring (bicyclic) bond motifs is 3. The van der Waals surface area contributed by atoms with E-state index in [-0.39, 0.29) is 11.5 Å². The first kappa shape index (κ1) is 18.0. The highest BCUT2D eigenvalue weighted by molar-refractivity contribution is 7.99. The van der Waals surface area contributed by atoms with Crippen LogP contribution in [0.5, 0.6) is 0 Å². The first-order valence-corrected chi connectivity index (χ1v) is 11.4. The van der Waals surface area contributed by atoms with Gasteiger partial charge in [0.1, 0.15) is 4.83 Å². The fraction of sp³-hybridized carbons (Fsp3) is 0.632. The Bertz CT molecular complexity index is 881. The van der Waals surface area contributed by atoms with Crippen LogP contribution in [0.4, 0.5) is 0 Å². The predicted molar refractivity (Wildman–Crippen MR) is 107 cm³/mol. The molecule has 2 aromatic heterocycles. The molecule has 7 heteroatoms. The molecule has 1 N–H and O–H groups in total. The molecule has 140 valence electrons. The molecular formula is C19H25N3O2S2. The average molecular weight is 392 g/mol. The lowest BCUT2D eigenvalue weighted by molar-refractivity contribution is -0.119. The number of carbonyl (C=O) groups is 1. The van der Waals surface area contributed by atoms with Gasteiger partial charge in [-0.3, -0.25) is 14.2 Å². The second kappa shape index (κ2) is 7.72. The molecule has 0 saturated heterocycles. The Labute approximate surface area is 161 Å². The molecule has 0 aromatic carbocycles. The van der Waals surface area contributed by atoms with Gasteiger partial charge >= 0.3 is 0 Å². The minimum atomic E-state index is 0.0320. The summed E-state index contributed by atoms with van der Waals surface area (Å²) in [5.74, 6) is 0.356. The number of aryl methyl sites for hydroxylation is 2. The van der Waals surface area contributed by atoms with Crippen molar-refractivity contribution in [3.05, 3.63) is 20.8 Å². The van der Waals surface area contributed by atoms with Crippen molar-refractivity contribution >= 4 is 39.2 Å². The summed E-state index contributed by atoms with van der Waals surface area (Å²) in [6.07, 6.45) is 10.2. The van der Waals surface area contributed by atoms with Crippen molar-refractivity contribution in [2.45, 2.75) is 69.0 Å². The van der Waals surface area contributed by atoms with Crippen LogP contribution in [0.2, 0.25) is 0 Å². The highest BCUT2D eigenvalue weighted by Gasteiger charge is 2.22. The Morgan fingerprint density at radius 2 is 2.00 bits per heavy atom. The van der Waals surface area contributed by atoms with Crippen LogP contribution in [0.1, 0.15) is 55.4 Å². The Kier molecular flexibility index (Phi) is 5.36. The number of nitrogens with zero attached hydrogens (tertiary/aromatic N) is 2. The number of hydrogen-bond donors (Lipinski definition) is 1. The molecule has 0 aliphatic heterocycles. The van der Waals surface area contributed by atoms with Crippen LogP contribution >= 0.6 is 23.1 Å². The first-order valence-electron chi connectivity index (χ1n) is 9.57.